The molecule has 1 aliphatic carbocycles. The molecule has 7 N–H and O–H groups in total. The fraction of sp³-hybridized carbons (Fsp3) is 0.333. The molecule has 0 radical (unpaired) electrons. The molecular weight excluding hydrogens is 682 g/mol. The second-order valence-corrected chi connectivity index (χ2v) is 13.4. The van der Waals surface area contributed by atoms with Crippen LogP contribution in [0.15, 0.2) is 78.7 Å². The highest BCUT2D eigenvalue weighted by molar-refractivity contribution is 6.34. The van der Waals surface area contributed by atoms with Crippen molar-refractivity contribution in [1.82, 2.24) is 25.9 Å². The zero-order valence-electron chi connectivity index (χ0n) is 25.4. The molecule has 4 heterocycles. The topological polar surface area (TPSA) is 146 Å². The number of carbonyl (C=O) groups is 2. The van der Waals surface area contributed by atoms with Crippen LogP contribution in [-0.4, -0.2) is 54.3 Å². The fourth-order valence-electron chi connectivity index (χ4n) is 5.85. The molecule has 2 aliphatic heterocycles. The first-order chi connectivity index (χ1) is 22.6. The van der Waals surface area contributed by atoms with E-state index in [1.807, 2.05) is 42.5 Å². The van der Waals surface area contributed by atoms with Gasteiger partial charge in [-0.3, -0.25) is 0 Å². The summed E-state index contributed by atoms with van der Waals surface area (Å²) in [5, 5.41) is 16.2. The molecule has 248 valence electrons. The molecule has 0 bridgehead atoms. The second kappa shape index (κ2) is 16.1. The number of benzene rings is 1. The van der Waals surface area contributed by atoms with Gasteiger partial charge >= 0.3 is 12.1 Å². The van der Waals surface area contributed by atoms with Gasteiger partial charge < -0.3 is 32.3 Å². The summed E-state index contributed by atoms with van der Waals surface area (Å²) in [5.74, 6) is 0.887. The molecule has 4 amide bonds. The van der Waals surface area contributed by atoms with E-state index >= 15 is 0 Å². The first-order valence-corrected chi connectivity index (χ1v) is 16.8. The molecule has 10 nitrogen and oxygen atoms in total. The Balaban J connectivity index is 0.000000185. The van der Waals surface area contributed by atoms with Crippen molar-refractivity contribution in [1.29, 1.82) is 0 Å². The van der Waals surface area contributed by atoms with Crippen LogP contribution in [0.25, 0.3) is 0 Å². The number of urea groups is 2. The minimum Gasteiger partial charge on any atom is -0.352 e. The van der Waals surface area contributed by atoms with E-state index in [9.17, 15) is 9.59 Å². The zero-order chi connectivity index (χ0) is 33.4. The predicted molar refractivity (Wildman–Crippen MR) is 190 cm³/mol. The summed E-state index contributed by atoms with van der Waals surface area (Å²) >= 11 is 24.8. The number of halogens is 4. The highest BCUT2D eigenvalue weighted by atomic mass is 35.5. The van der Waals surface area contributed by atoms with Gasteiger partial charge in [-0.1, -0.05) is 65.2 Å². The molecule has 6 rings (SSSR count). The maximum Gasteiger partial charge on any atom is 0.323 e. The van der Waals surface area contributed by atoms with Crippen LogP contribution >= 0.6 is 46.4 Å². The van der Waals surface area contributed by atoms with E-state index in [2.05, 4.69) is 36.6 Å². The standard InChI is InChI=1S/C17H18Cl2N4O.C16H18Cl2N4O/c18-14-8-11(12-2-1-7-20-9-12)3-5-15(14)23-17(24)22-13-4-6-16(19)21-10-13;17-14-4-2-12(9-21-14)16(18)7-10(11-5-6-20-8-11)1-3-13(16)22-15(19)23/h3-6,8,10,12,20H,1-2,7,9H2,(H2,22,23,24);1-4,7,9,11,13,20H,5-6,8H2,(H3,19,22,23). The first-order valence-electron chi connectivity index (χ1n) is 15.3. The van der Waals surface area contributed by atoms with Crippen molar-refractivity contribution in [3.63, 3.8) is 0 Å². The van der Waals surface area contributed by atoms with E-state index < -0.39 is 16.9 Å². The molecule has 4 atom stereocenters. The Hall–Kier alpha value is -3.38. The molecule has 2 saturated heterocycles. The summed E-state index contributed by atoms with van der Waals surface area (Å²) in [5.41, 5.74) is 9.53. The Morgan fingerprint density at radius 1 is 0.894 bits per heavy atom. The largest absolute Gasteiger partial charge is 0.352 e. The lowest BCUT2D eigenvalue weighted by Gasteiger charge is -2.35. The third-order valence-corrected chi connectivity index (χ3v) is 9.63. The Bertz CT molecular complexity index is 1610. The number of primary amides is 1. The molecule has 47 heavy (non-hydrogen) atoms. The third-order valence-electron chi connectivity index (χ3n) is 8.30. The molecule has 0 saturated carbocycles. The maximum absolute atomic E-state index is 12.1. The average molecular weight is 719 g/mol. The number of nitrogens with two attached hydrogens (primary N) is 1. The Morgan fingerprint density at radius 3 is 2.26 bits per heavy atom. The van der Waals surface area contributed by atoms with Crippen LogP contribution in [0, 0.1) is 5.92 Å². The number of hydrogen-bond acceptors (Lipinski definition) is 6. The molecule has 1 aromatic carbocycles. The quantitative estimate of drug-likeness (QED) is 0.122. The van der Waals surface area contributed by atoms with Crippen molar-refractivity contribution < 1.29 is 9.59 Å². The molecular formula is C33H36Cl4N8O2. The number of hydrogen-bond donors (Lipinski definition) is 6. The van der Waals surface area contributed by atoms with Crippen LogP contribution in [0.3, 0.4) is 0 Å². The number of anilines is 2. The third kappa shape index (κ3) is 9.37. The summed E-state index contributed by atoms with van der Waals surface area (Å²) in [6, 6.07) is 11.1. The van der Waals surface area contributed by atoms with E-state index in [1.54, 1.807) is 24.4 Å². The normalized spacial score (nSPS) is 23.6. The fourth-order valence-corrected chi connectivity index (χ4v) is 6.67. The van der Waals surface area contributed by atoms with Gasteiger partial charge in [0.15, 0.2) is 0 Å². The molecule has 0 spiro atoms. The van der Waals surface area contributed by atoms with E-state index in [-0.39, 0.29) is 6.03 Å². The van der Waals surface area contributed by atoms with Crippen LogP contribution in [0.2, 0.25) is 15.3 Å². The summed E-state index contributed by atoms with van der Waals surface area (Å²) in [6.07, 6.45) is 12.4. The van der Waals surface area contributed by atoms with Crippen LogP contribution < -0.4 is 32.3 Å². The number of piperidine rings is 1. The minimum atomic E-state index is -0.945. The average Bonchev–Trinajstić information content (AvgIpc) is 3.60. The number of allylic oxidation sites excluding steroid dienone is 1. The lowest BCUT2D eigenvalue weighted by Crippen LogP contribution is -2.49. The first kappa shape index (κ1) is 34.9. The highest BCUT2D eigenvalue weighted by Gasteiger charge is 2.40. The number of pyridine rings is 2. The van der Waals surface area contributed by atoms with Crippen LogP contribution in [0.5, 0.6) is 0 Å². The molecule has 4 unspecified atom stereocenters. The predicted octanol–water partition coefficient (Wildman–Crippen LogP) is 6.81. The van der Waals surface area contributed by atoms with Crippen molar-refractivity contribution in [2.75, 3.05) is 36.8 Å². The molecule has 3 aliphatic rings. The van der Waals surface area contributed by atoms with Gasteiger partial charge in [0.25, 0.3) is 0 Å². The van der Waals surface area contributed by atoms with Gasteiger partial charge in [0.1, 0.15) is 15.2 Å². The van der Waals surface area contributed by atoms with Gasteiger partial charge in [0.05, 0.1) is 28.6 Å². The van der Waals surface area contributed by atoms with Gasteiger partial charge in [0.2, 0.25) is 0 Å². The second-order valence-electron chi connectivity index (χ2n) is 11.5. The summed E-state index contributed by atoms with van der Waals surface area (Å²) in [7, 11) is 0. The van der Waals surface area contributed by atoms with Crippen molar-refractivity contribution in [2.45, 2.75) is 36.1 Å². The number of aromatic nitrogens is 2. The molecule has 2 fully saturated rings. The Kier molecular flexibility index (Phi) is 12.0. The SMILES string of the molecule is NC(=O)NC1C=CC(C2CCNC2)=CC1(Cl)c1ccc(Cl)nc1.O=C(Nc1ccc(Cl)nc1)Nc1ccc(C2CCCNC2)cc1Cl. The van der Waals surface area contributed by atoms with Crippen molar-refractivity contribution in [3.8, 4) is 0 Å². The number of alkyl halides is 1. The lowest BCUT2D eigenvalue weighted by atomic mass is 9.81. The number of rotatable bonds is 6. The Labute approximate surface area is 293 Å². The summed E-state index contributed by atoms with van der Waals surface area (Å²) in [4.78, 5) is 30.5. The van der Waals surface area contributed by atoms with Crippen LogP contribution in [0.4, 0.5) is 21.0 Å². The van der Waals surface area contributed by atoms with Crippen molar-refractivity contribution >= 4 is 69.8 Å². The van der Waals surface area contributed by atoms with Crippen LogP contribution in [0.1, 0.15) is 36.3 Å². The number of nitrogens with one attached hydrogen (secondary N) is 5. The number of carbonyl (C=O) groups excluding carboxylic acids is 2. The van der Waals surface area contributed by atoms with Crippen molar-refractivity contribution in [3.05, 3.63) is 105 Å². The van der Waals surface area contributed by atoms with Crippen LogP contribution in [-0.2, 0) is 4.87 Å². The molecule has 14 heteroatoms. The van der Waals surface area contributed by atoms with Gasteiger partial charge in [0, 0.05) is 19.3 Å². The van der Waals surface area contributed by atoms with Gasteiger partial charge in [-0.15, -0.1) is 11.6 Å². The van der Waals surface area contributed by atoms with Crippen molar-refractivity contribution in [2.24, 2.45) is 11.7 Å². The lowest BCUT2D eigenvalue weighted by molar-refractivity contribution is 0.245. The maximum atomic E-state index is 12.1. The molecule has 3 aromatic rings. The van der Waals surface area contributed by atoms with E-state index in [0.29, 0.717) is 38.5 Å². The smallest absolute Gasteiger partial charge is 0.323 e. The van der Waals surface area contributed by atoms with E-state index in [1.165, 1.54) is 18.2 Å². The van der Waals surface area contributed by atoms with E-state index in [4.69, 9.17) is 52.1 Å². The highest BCUT2D eigenvalue weighted by Crippen LogP contribution is 2.41. The molecule has 2 aromatic heterocycles. The van der Waals surface area contributed by atoms with Gasteiger partial charge in [-0.05, 0) is 91.2 Å². The van der Waals surface area contributed by atoms with E-state index in [0.717, 1.165) is 50.2 Å². The summed E-state index contributed by atoms with van der Waals surface area (Å²) in [6.45, 7) is 3.96. The number of nitrogens with zero attached hydrogens (tertiary/aromatic N) is 2. The van der Waals surface area contributed by atoms with Gasteiger partial charge in [-0.25, -0.2) is 19.6 Å². The Morgan fingerprint density at radius 2 is 1.64 bits per heavy atom. The number of amides is 4. The minimum absolute atomic E-state index is 0.372. The monoisotopic (exact) mass is 716 g/mol. The van der Waals surface area contributed by atoms with Gasteiger partial charge in [-0.2, -0.15) is 0 Å². The zero-order valence-corrected chi connectivity index (χ0v) is 28.4. The summed E-state index contributed by atoms with van der Waals surface area (Å²) < 4.78 is 0.